The fraction of sp³-hybridized carbons (Fsp3) is 0.125. The number of aryl methyl sites for hydroxylation is 2. The van der Waals surface area contributed by atoms with Crippen molar-refractivity contribution < 1.29 is 9.52 Å². The Morgan fingerprint density at radius 2 is 1.85 bits per heavy atom. The summed E-state index contributed by atoms with van der Waals surface area (Å²) in [5, 5.41) is 11.7. The number of rotatable bonds is 4. The van der Waals surface area contributed by atoms with Crippen molar-refractivity contribution in [2.24, 2.45) is 4.99 Å². The van der Waals surface area contributed by atoms with E-state index in [1.54, 1.807) is 49.5 Å². The van der Waals surface area contributed by atoms with E-state index in [4.69, 9.17) is 16.0 Å². The predicted molar refractivity (Wildman–Crippen MR) is 129 cm³/mol. The molecule has 8 nitrogen and oxygen atoms in total. The fourth-order valence-electron chi connectivity index (χ4n) is 3.51. The molecule has 168 valence electrons. The van der Waals surface area contributed by atoms with Gasteiger partial charge in [0.05, 0.1) is 17.6 Å². The molecule has 2 N–H and O–H groups in total. The first-order valence-corrected chi connectivity index (χ1v) is 10.4. The lowest BCUT2D eigenvalue weighted by Gasteiger charge is -2.21. The number of aromatic amines is 1. The van der Waals surface area contributed by atoms with Gasteiger partial charge in [0.25, 0.3) is 5.56 Å². The van der Waals surface area contributed by atoms with Crippen LogP contribution in [0.25, 0.3) is 5.69 Å². The maximum Gasteiger partial charge on any atom is 0.335 e. The van der Waals surface area contributed by atoms with Gasteiger partial charge in [0.1, 0.15) is 5.56 Å². The Bertz CT molecular complexity index is 1450. The van der Waals surface area contributed by atoms with E-state index in [1.807, 2.05) is 26.0 Å². The molecule has 0 bridgehead atoms. The van der Waals surface area contributed by atoms with E-state index in [0.717, 1.165) is 15.7 Å². The van der Waals surface area contributed by atoms with Crippen LogP contribution in [0, 0.1) is 13.8 Å². The van der Waals surface area contributed by atoms with Crippen molar-refractivity contribution in [3.05, 3.63) is 103 Å². The zero-order chi connectivity index (χ0) is 23.7. The van der Waals surface area contributed by atoms with E-state index in [1.165, 1.54) is 11.2 Å². The number of H-pyrrole nitrogens is 1. The van der Waals surface area contributed by atoms with Gasteiger partial charge in [-0.2, -0.15) is 0 Å². The molecule has 0 fully saturated rings. The lowest BCUT2D eigenvalue weighted by molar-refractivity contribution is 0.429. The Morgan fingerprint density at radius 3 is 2.48 bits per heavy atom. The smallest absolute Gasteiger partial charge is 0.335 e. The summed E-state index contributed by atoms with van der Waals surface area (Å²) in [6, 6.07) is 15.4. The van der Waals surface area contributed by atoms with Crippen molar-refractivity contribution in [3.8, 4) is 11.6 Å². The van der Waals surface area contributed by atoms with Crippen LogP contribution in [-0.2, 0) is 0 Å². The number of hydrogen-bond acceptors (Lipinski definition) is 5. The van der Waals surface area contributed by atoms with Crippen molar-refractivity contribution in [1.29, 1.82) is 0 Å². The molecular formula is C24H21ClN4O4. The summed E-state index contributed by atoms with van der Waals surface area (Å²) in [5.41, 5.74) is 0.924. The summed E-state index contributed by atoms with van der Waals surface area (Å²) in [7, 11) is 1.64. The Kier molecular flexibility index (Phi) is 5.93. The van der Waals surface area contributed by atoms with Gasteiger partial charge in [0, 0.05) is 18.1 Å². The molecule has 0 saturated heterocycles. The summed E-state index contributed by atoms with van der Waals surface area (Å²) in [6.07, 6.45) is 1.48. The number of amidine groups is 1. The molecule has 0 amide bonds. The minimum atomic E-state index is -0.787. The Balaban J connectivity index is 2.00. The number of halogens is 1. The van der Waals surface area contributed by atoms with E-state index >= 15 is 0 Å². The molecule has 9 heteroatoms. The number of aromatic hydroxyl groups is 1. The summed E-state index contributed by atoms with van der Waals surface area (Å²) in [5.74, 6) is -0.0860. The van der Waals surface area contributed by atoms with Crippen LogP contribution in [0.1, 0.15) is 16.7 Å². The molecule has 0 aliphatic heterocycles. The molecule has 2 aromatic heterocycles. The van der Waals surface area contributed by atoms with E-state index in [2.05, 4.69) is 9.98 Å². The minimum Gasteiger partial charge on any atom is -0.493 e. The second kappa shape index (κ2) is 8.84. The molecule has 2 aromatic carbocycles. The molecule has 0 spiro atoms. The first-order valence-electron chi connectivity index (χ1n) is 10.0. The van der Waals surface area contributed by atoms with Gasteiger partial charge < -0.3 is 9.52 Å². The summed E-state index contributed by atoms with van der Waals surface area (Å²) in [6.45, 7) is 3.74. The van der Waals surface area contributed by atoms with Gasteiger partial charge in [-0.05, 0) is 55.8 Å². The van der Waals surface area contributed by atoms with Crippen LogP contribution in [0.4, 0.5) is 11.6 Å². The number of aromatic nitrogens is 2. The molecule has 2 heterocycles. The Hall–Kier alpha value is -4.04. The third kappa shape index (κ3) is 4.33. The van der Waals surface area contributed by atoms with Gasteiger partial charge in [-0.1, -0.05) is 29.3 Å². The average Bonchev–Trinajstić information content (AvgIpc) is 3.30. The van der Waals surface area contributed by atoms with Crippen molar-refractivity contribution in [1.82, 2.24) is 9.55 Å². The zero-order valence-electron chi connectivity index (χ0n) is 18.2. The normalized spacial score (nSPS) is 11.6. The van der Waals surface area contributed by atoms with Gasteiger partial charge in [0.15, 0.2) is 5.84 Å². The number of nitrogens with zero attached hydrogens (tertiary/aromatic N) is 3. The maximum absolute atomic E-state index is 13.0. The van der Waals surface area contributed by atoms with E-state index in [9.17, 15) is 14.7 Å². The zero-order valence-corrected chi connectivity index (χ0v) is 18.9. The van der Waals surface area contributed by atoms with Crippen molar-refractivity contribution in [2.45, 2.75) is 13.8 Å². The van der Waals surface area contributed by atoms with Crippen molar-refractivity contribution in [2.75, 3.05) is 11.9 Å². The number of aliphatic imine (C=N–C) groups is 1. The number of nitrogens with one attached hydrogen (secondary N) is 1. The highest BCUT2D eigenvalue weighted by molar-refractivity contribution is 6.30. The summed E-state index contributed by atoms with van der Waals surface area (Å²) >= 11 is 5.98. The number of anilines is 1. The van der Waals surface area contributed by atoms with Crippen LogP contribution in [0.15, 0.2) is 79.9 Å². The molecule has 0 aliphatic rings. The van der Waals surface area contributed by atoms with Crippen LogP contribution >= 0.6 is 11.6 Å². The van der Waals surface area contributed by atoms with Gasteiger partial charge in [-0.3, -0.25) is 14.7 Å². The van der Waals surface area contributed by atoms with Crippen LogP contribution in [-0.4, -0.2) is 27.5 Å². The summed E-state index contributed by atoms with van der Waals surface area (Å²) < 4.78 is 6.52. The molecule has 0 aliphatic carbocycles. The Morgan fingerprint density at radius 1 is 1.12 bits per heavy atom. The molecule has 4 rings (SSSR count). The first-order chi connectivity index (χ1) is 15.8. The van der Waals surface area contributed by atoms with Crippen LogP contribution < -0.4 is 16.1 Å². The van der Waals surface area contributed by atoms with Crippen LogP contribution in [0.5, 0.6) is 5.88 Å². The Labute approximate surface area is 194 Å². The molecule has 0 unspecified atom stereocenters. The summed E-state index contributed by atoms with van der Waals surface area (Å²) in [4.78, 5) is 34.1. The highest BCUT2D eigenvalue weighted by Gasteiger charge is 2.25. The third-order valence-corrected chi connectivity index (χ3v) is 5.37. The monoisotopic (exact) mass is 464 g/mol. The first kappa shape index (κ1) is 22.2. The van der Waals surface area contributed by atoms with E-state index in [-0.39, 0.29) is 11.4 Å². The fourth-order valence-corrected chi connectivity index (χ4v) is 3.63. The van der Waals surface area contributed by atoms with E-state index in [0.29, 0.717) is 22.3 Å². The molecule has 0 saturated carbocycles. The molecule has 33 heavy (non-hydrogen) atoms. The SMILES string of the molecule is Cc1ccc(-n2c(O)c(C(=Nc3ccc(Cl)cc3)N(C)c3ccco3)c(=O)[nH]c2=O)c(C)c1. The highest BCUT2D eigenvalue weighted by Crippen LogP contribution is 2.26. The van der Waals surface area contributed by atoms with Gasteiger partial charge in [-0.25, -0.2) is 14.4 Å². The third-order valence-electron chi connectivity index (χ3n) is 5.12. The minimum absolute atomic E-state index is 0.0736. The second-order valence-electron chi connectivity index (χ2n) is 7.51. The topological polar surface area (TPSA) is 104 Å². The number of furan rings is 1. The van der Waals surface area contributed by atoms with Crippen molar-refractivity contribution >= 4 is 29.0 Å². The van der Waals surface area contributed by atoms with Crippen LogP contribution in [0.2, 0.25) is 5.02 Å². The highest BCUT2D eigenvalue weighted by atomic mass is 35.5. The number of benzene rings is 2. The quantitative estimate of drug-likeness (QED) is 0.346. The molecule has 0 atom stereocenters. The van der Waals surface area contributed by atoms with Crippen LogP contribution in [0.3, 0.4) is 0 Å². The van der Waals surface area contributed by atoms with Gasteiger partial charge in [0.2, 0.25) is 11.8 Å². The van der Waals surface area contributed by atoms with Gasteiger partial charge in [-0.15, -0.1) is 0 Å². The molecular weight excluding hydrogens is 444 g/mol. The standard InChI is InChI=1S/C24H21ClN4O4/c1-14-6-11-18(15(2)13-14)29-23(31)20(22(30)27-24(29)32)21(28(3)19-5-4-12-33-19)26-17-9-7-16(25)8-10-17/h4-13,31H,1-3H3,(H,27,30,32). The van der Waals surface area contributed by atoms with Crippen molar-refractivity contribution in [3.63, 3.8) is 0 Å². The lowest BCUT2D eigenvalue weighted by Crippen LogP contribution is -2.38. The maximum atomic E-state index is 13.0. The molecule has 0 radical (unpaired) electrons. The average molecular weight is 465 g/mol. The largest absolute Gasteiger partial charge is 0.493 e. The predicted octanol–water partition coefficient (Wildman–Crippen LogP) is 4.31. The number of hydrogen-bond donors (Lipinski definition) is 2. The van der Waals surface area contributed by atoms with Gasteiger partial charge >= 0.3 is 5.69 Å². The van der Waals surface area contributed by atoms with E-state index < -0.39 is 17.1 Å². The lowest BCUT2D eigenvalue weighted by atomic mass is 10.1. The molecule has 4 aromatic rings. The second-order valence-corrected chi connectivity index (χ2v) is 7.94.